The van der Waals surface area contributed by atoms with Crippen molar-refractivity contribution < 1.29 is 22.4 Å². The predicted octanol–water partition coefficient (Wildman–Crippen LogP) is 4.96. The summed E-state index contributed by atoms with van der Waals surface area (Å²) in [5.74, 6) is -1.45. The standard InChI is InChI=1S/C17H12ClF4N3O/c1-2-12-14(16(26)24-13-6-4-3-5-11(13)19)25-8-9(17(20,21)22)7-10(18)15(25)23-12/h3-8H,2H2,1H3,(H,24,26). The molecular formula is C17H12ClF4N3O. The van der Waals surface area contributed by atoms with Gasteiger partial charge >= 0.3 is 6.18 Å². The lowest BCUT2D eigenvalue weighted by atomic mass is 10.2. The van der Waals surface area contributed by atoms with Crippen molar-refractivity contribution in [3.63, 3.8) is 0 Å². The van der Waals surface area contributed by atoms with Crippen LogP contribution in [0.5, 0.6) is 0 Å². The number of alkyl halides is 3. The number of carbonyl (C=O) groups excluding carboxylic acids is 1. The van der Waals surface area contributed by atoms with E-state index in [0.29, 0.717) is 0 Å². The minimum atomic E-state index is -4.65. The number of nitrogens with one attached hydrogen (secondary N) is 1. The molecule has 0 aliphatic heterocycles. The van der Waals surface area contributed by atoms with E-state index in [-0.39, 0.29) is 34.2 Å². The largest absolute Gasteiger partial charge is 0.417 e. The molecule has 3 aromatic rings. The average molecular weight is 386 g/mol. The number of halogens is 5. The molecular weight excluding hydrogens is 374 g/mol. The maximum absolute atomic E-state index is 13.8. The lowest BCUT2D eigenvalue weighted by molar-refractivity contribution is -0.137. The van der Waals surface area contributed by atoms with Crippen molar-refractivity contribution in [1.29, 1.82) is 0 Å². The molecule has 0 aliphatic rings. The highest BCUT2D eigenvalue weighted by molar-refractivity contribution is 6.33. The van der Waals surface area contributed by atoms with Crippen molar-refractivity contribution in [3.8, 4) is 0 Å². The fraction of sp³-hybridized carbons (Fsp3) is 0.176. The maximum Gasteiger partial charge on any atom is 0.417 e. The van der Waals surface area contributed by atoms with Gasteiger partial charge in [-0.15, -0.1) is 0 Å². The Morgan fingerprint density at radius 1 is 1.31 bits per heavy atom. The third-order valence-electron chi connectivity index (χ3n) is 3.75. The quantitative estimate of drug-likeness (QED) is 0.648. The van der Waals surface area contributed by atoms with Crippen LogP contribution >= 0.6 is 11.6 Å². The van der Waals surface area contributed by atoms with Gasteiger partial charge in [-0.1, -0.05) is 30.7 Å². The summed E-state index contributed by atoms with van der Waals surface area (Å²) in [5, 5.41) is 2.12. The van der Waals surface area contributed by atoms with Crippen LogP contribution in [-0.2, 0) is 12.6 Å². The zero-order valence-corrected chi connectivity index (χ0v) is 14.1. The smallest absolute Gasteiger partial charge is 0.318 e. The van der Waals surface area contributed by atoms with Gasteiger partial charge < -0.3 is 5.32 Å². The van der Waals surface area contributed by atoms with E-state index in [9.17, 15) is 22.4 Å². The molecule has 1 aromatic carbocycles. The highest BCUT2D eigenvalue weighted by Gasteiger charge is 2.33. The molecule has 1 N–H and O–H groups in total. The fourth-order valence-electron chi connectivity index (χ4n) is 2.54. The maximum atomic E-state index is 13.8. The van der Waals surface area contributed by atoms with Crippen molar-refractivity contribution >= 4 is 28.8 Å². The van der Waals surface area contributed by atoms with Gasteiger partial charge in [0.1, 0.15) is 11.5 Å². The van der Waals surface area contributed by atoms with Crippen molar-refractivity contribution in [2.45, 2.75) is 19.5 Å². The predicted molar refractivity (Wildman–Crippen MR) is 88.9 cm³/mol. The molecule has 0 spiro atoms. The highest BCUT2D eigenvalue weighted by atomic mass is 35.5. The topological polar surface area (TPSA) is 46.4 Å². The molecule has 136 valence electrons. The number of fused-ring (bicyclic) bond motifs is 1. The highest BCUT2D eigenvalue weighted by Crippen LogP contribution is 2.33. The molecule has 0 bridgehead atoms. The number of benzene rings is 1. The van der Waals surface area contributed by atoms with E-state index in [0.717, 1.165) is 22.7 Å². The number of nitrogens with zero attached hydrogens (tertiary/aromatic N) is 2. The van der Waals surface area contributed by atoms with Crippen LogP contribution in [0.3, 0.4) is 0 Å². The first kappa shape index (κ1) is 18.2. The van der Waals surface area contributed by atoms with Gasteiger partial charge in [0.2, 0.25) is 0 Å². The van der Waals surface area contributed by atoms with E-state index in [4.69, 9.17) is 11.6 Å². The second kappa shape index (κ2) is 6.60. The molecule has 0 radical (unpaired) electrons. The Kier molecular flexibility index (Phi) is 4.62. The minimum absolute atomic E-state index is 0.0233. The molecule has 0 fully saturated rings. The van der Waals surface area contributed by atoms with Gasteiger partial charge in [0.05, 0.1) is 22.0 Å². The van der Waals surface area contributed by atoms with Gasteiger partial charge in [0.25, 0.3) is 5.91 Å². The van der Waals surface area contributed by atoms with E-state index >= 15 is 0 Å². The van der Waals surface area contributed by atoms with Gasteiger partial charge in [-0.3, -0.25) is 9.20 Å². The van der Waals surface area contributed by atoms with Crippen LogP contribution in [-0.4, -0.2) is 15.3 Å². The monoisotopic (exact) mass is 385 g/mol. The number of aryl methyl sites for hydroxylation is 1. The molecule has 2 heterocycles. The van der Waals surface area contributed by atoms with Crippen LogP contribution in [0.2, 0.25) is 5.02 Å². The van der Waals surface area contributed by atoms with Crippen molar-refractivity contribution in [2.24, 2.45) is 0 Å². The summed E-state index contributed by atoms with van der Waals surface area (Å²) in [6, 6.07) is 6.22. The van der Waals surface area contributed by atoms with Crippen LogP contribution in [0.1, 0.15) is 28.7 Å². The molecule has 2 aromatic heterocycles. The summed E-state index contributed by atoms with van der Waals surface area (Å²) in [6.07, 6.45) is -3.61. The van der Waals surface area contributed by atoms with Crippen molar-refractivity contribution in [2.75, 3.05) is 5.32 Å². The Hall–Kier alpha value is -2.61. The zero-order chi connectivity index (χ0) is 19.1. The molecule has 0 atom stereocenters. The van der Waals surface area contributed by atoms with E-state index < -0.39 is 23.5 Å². The molecule has 9 heteroatoms. The van der Waals surface area contributed by atoms with Gasteiger partial charge in [-0.2, -0.15) is 13.2 Å². The van der Waals surface area contributed by atoms with Crippen molar-refractivity contribution in [3.05, 3.63) is 64.3 Å². The molecule has 26 heavy (non-hydrogen) atoms. The van der Waals surface area contributed by atoms with Crippen molar-refractivity contribution in [1.82, 2.24) is 9.38 Å². The first-order valence-corrected chi connectivity index (χ1v) is 7.93. The number of hydrogen-bond donors (Lipinski definition) is 1. The fourth-order valence-corrected chi connectivity index (χ4v) is 2.79. The van der Waals surface area contributed by atoms with E-state index in [1.54, 1.807) is 6.92 Å². The Bertz CT molecular complexity index is 998. The number of imidazole rings is 1. The number of hydrogen-bond acceptors (Lipinski definition) is 2. The lowest BCUT2D eigenvalue weighted by Crippen LogP contribution is -2.18. The van der Waals surface area contributed by atoms with E-state index in [1.807, 2.05) is 0 Å². The Morgan fingerprint density at radius 3 is 2.62 bits per heavy atom. The third-order valence-corrected chi connectivity index (χ3v) is 4.02. The summed E-state index contributed by atoms with van der Waals surface area (Å²) in [5.41, 5.74) is -0.961. The lowest BCUT2D eigenvalue weighted by Gasteiger charge is -2.10. The number of carbonyl (C=O) groups is 1. The number of pyridine rings is 1. The normalized spacial score (nSPS) is 11.8. The molecule has 0 saturated heterocycles. The Morgan fingerprint density at radius 2 is 2.00 bits per heavy atom. The SMILES string of the molecule is CCc1nc2c(Cl)cc(C(F)(F)F)cn2c1C(=O)Nc1ccccc1F. The van der Waals surface area contributed by atoms with Crippen LogP contribution < -0.4 is 5.32 Å². The first-order chi connectivity index (χ1) is 12.2. The zero-order valence-electron chi connectivity index (χ0n) is 13.4. The summed E-state index contributed by atoms with van der Waals surface area (Å²) >= 11 is 5.93. The van der Waals surface area contributed by atoms with Crippen LogP contribution in [0.4, 0.5) is 23.2 Å². The second-order valence-corrected chi connectivity index (χ2v) is 5.87. The Balaban J connectivity index is 2.16. The van der Waals surface area contributed by atoms with Crippen LogP contribution in [0, 0.1) is 5.82 Å². The third kappa shape index (κ3) is 3.24. The summed E-state index contributed by atoms with van der Waals surface area (Å²) < 4.78 is 54.0. The van der Waals surface area contributed by atoms with Gasteiger partial charge in [-0.05, 0) is 24.6 Å². The van der Waals surface area contributed by atoms with E-state index in [1.165, 1.54) is 18.2 Å². The molecule has 0 saturated carbocycles. The molecule has 0 aliphatic carbocycles. The second-order valence-electron chi connectivity index (χ2n) is 5.46. The van der Waals surface area contributed by atoms with Gasteiger partial charge in [0, 0.05) is 6.20 Å². The number of anilines is 1. The van der Waals surface area contributed by atoms with Crippen LogP contribution in [0.15, 0.2) is 36.5 Å². The number of aromatic nitrogens is 2. The number of para-hydroxylation sites is 1. The average Bonchev–Trinajstić information content (AvgIpc) is 2.95. The minimum Gasteiger partial charge on any atom is -0.318 e. The first-order valence-electron chi connectivity index (χ1n) is 7.56. The molecule has 4 nitrogen and oxygen atoms in total. The van der Waals surface area contributed by atoms with Crippen LogP contribution in [0.25, 0.3) is 5.65 Å². The summed E-state index contributed by atoms with van der Waals surface area (Å²) in [7, 11) is 0. The van der Waals surface area contributed by atoms with Gasteiger partial charge in [-0.25, -0.2) is 9.37 Å². The summed E-state index contributed by atoms with van der Waals surface area (Å²) in [4.78, 5) is 16.8. The van der Waals surface area contributed by atoms with E-state index in [2.05, 4.69) is 10.3 Å². The molecule has 1 amide bonds. The molecule has 3 rings (SSSR count). The molecule has 0 unspecified atom stereocenters. The van der Waals surface area contributed by atoms with Gasteiger partial charge in [0.15, 0.2) is 5.65 Å². The summed E-state index contributed by atoms with van der Waals surface area (Å²) in [6.45, 7) is 1.69. The number of rotatable bonds is 3. The Labute approximate surface area is 150 Å². The number of amides is 1.